The third-order valence-electron chi connectivity index (χ3n) is 6.33. The SMILES string of the molecule is CC(=O)c1cc(C(=O)c2cc3ccccc3oc2=O)n2c3ccccc3n(Cc3ccccc3)c12. The third kappa shape index (κ3) is 3.30. The molecule has 0 aliphatic heterocycles. The second kappa shape index (κ2) is 7.95. The lowest BCUT2D eigenvalue weighted by Crippen LogP contribution is -2.16. The Hall–Kier alpha value is -4.71. The lowest BCUT2D eigenvalue weighted by molar-refractivity contribution is 0.101. The van der Waals surface area contributed by atoms with Crippen molar-refractivity contribution >= 4 is 39.2 Å². The highest BCUT2D eigenvalue weighted by Crippen LogP contribution is 2.30. The van der Waals surface area contributed by atoms with Gasteiger partial charge in [0.05, 0.1) is 22.3 Å². The molecule has 0 N–H and O–H groups in total. The largest absolute Gasteiger partial charge is 0.422 e. The summed E-state index contributed by atoms with van der Waals surface area (Å²) in [5.74, 6) is -0.654. The summed E-state index contributed by atoms with van der Waals surface area (Å²) < 4.78 is 9.24. The summed E-state index contributed by atoms with van der Waals surface area (Å²) in [4.78, 5) is 39.3. The van der Waals surface area contributed by atoms with Crippen molar-refractivity contribution in [2.24, 2.45) is 0 Å². The third-order valence-corrected chi connectivity index (χ3v) is 6.33. The average molecular weight is 460 g/mol. The zero-order chi connectivity index (χ0) is 24.1. The molecule has 3 heterocycles. The van der Waals surface area contributed by atoms with Crippen LogP contribution in [0.2, 0.25) is 0 Å². The maximum absolute atomic E-state index is 13.8. The highest BCUT2D eigenvalue weighted by molar-refractivity contribution is 6.13. The van der Waals surface area contributed by atoms with Crippen molar-refractivity contribution in [2.75, 3.05) is 0 Å². The number of benzene rings is 3. The van der Waals surface area contributed by atoms with E-state index in [1.165, 1.54) is 6.92 Å². The summed E-state index contributed by atoms with van der Waals surface area (Å²) >= 11 is 0. The van der Waals surface area contributed by atoms with Crippen LogP contribution in [0.3, 0.4) is 0 Å². The molecule has 6 aromatic rings. The number of carbonyl (C=O) groups excluding carboxylic acids is 2. The van der Waals surface area contributed by atoms with Crippen LogP contribution in [0.15, 0.2) is 100 Å². The fourth-order valence-electron chi connectivity index (χ4n) is 4.72. The molecule has 6 nitrogen and oxygen atoms in total. The van der Waals surface area contributed by atoms with Crippen molar-refractivity contribution in [1.29, 1.82) is 0 Å². The molecule has 35 heavy (non-hydrogen) atoms. The van der Waals surface area contributed by atoms with Gasteiger partial charge in [-0.25, -0.2) is 4.79 Å². The minimum absolute atomic E-state index is 0.0712. The van der Waals surface area contributed by atoms with Crippen molar-refractivity contribution in [3.8, 4) is 0 Å². The number of rotatable bonds is 5. The summed E-state index contributed by atoms with van der Waals surface area (Å²) in [7, 11) is 0. The van der Waals surface area contributed by atoms with E-state index in [0.717, 1.165) is 16.6 Å². The summed E-state index contributed by atoms with van der Waals surface area (Å²) in [5.41, 5.74) is 3.65. The minimum Gasteiger partial charge on any atom is -0.422 e. The van der Waals surface area contributed by atoms with E-state index in [2.05, 4.69) is 0 Å². The second-order valence-corrected chi connectivity index (χ2v) is 8.53. The smallest absolute Gasteiger partial charge is 0.347 e. The number of imidazole rings is 1. The molecule has 0 bridgehead atoms. The first-order valence-corrected chi connectivity index (χ1v) is 11.3. The highest BCUT2D eigenvalue weighted by atomic mass is 16.4. The molecule has 0 amide bonds. The lowest BCUT2D eigenvalue weighted by atomic mass is 10.1. The summed E-state index contributed by atoms with van der Waals surface area (Å²) in [6, 6.07) is 27.8. The highest BCUT2D eigenvalue weighted by Gasteiger charge is 2.26. The molecule has 0 saturated carbocycles. The molecule has 0 unspecified atom stereocenters. The molecule has 3 aromatic carbocycles. The number of fused-ring (bicyclic) bond motifs is 4. The molecule has 0 radical (unpaired) electrons. The Bertz CT molecular complexity index is 1840. The molecular formula is C29H20N2O4. The van der Waals surface area contributed by atoms with Crippen molar-refractivity contribution in [1.82, 2.24) is 8.97 Å². The second-order valence-electron chi connectivity index (χ2n) is 8.53. The molecule has 6 rings (SSSR count). The van der Waals surface area contributed by atoms with Crippen molar-refractivity contribution in [2.45, 2.75) is 13.5 Å². The molecule has 170 valence electrons. The lowest BCUT2D eigenvalue weighted by Gasteiger charge is -2.07. The van der Waals surface area contributed by atoms with Gasteiger partial charge in [0.2, 0.25) is 5.78 Å². The zero-order valence-corrected chi connectivity index (χ0v) is 18.9. The number of ketones is 2. The van der Waals surface area contributed by atoms with Gasteiger partial charge in [-0.15, -0.1) is 0 Å². The molecule has 0 atom stereocenters. The Labute approximate surface area is 199 Å². The predicted octanol–water partition coefficient (Wildman–Crippen LogP) is 5.48. The number of carbonyl (C=O) groups is 2. The number of para-hydroxylation sites is 3. The van der Waals surface area contributed by atoms with E-state index in [-0.39, 0.29) is 17.0 Å². The minimum atomic E-state index is -0.707. The fraction of sp³-hybridized carbons (Fsp3) is 0.0690. The predicted molar refractivity (Wildman–Crippen MR) is 134 cm³/mol. The maximum atomic E-state index is 13.8. The van der Waals surface area contributed by atoms with Gasteiger partial charge in [0.15, 0.2) is 5.78 Å². The number of hydrogen-bond donors (Lipinski definition) is 0. The van der Waals surface area contributed by atoms with E-state index < -0.39 is 11.4 Å². The van der Waals surface area contributed by atoms with E-state index in [1.54, 1.807) is 34.7 Å². The average Bonchev–Trinajstić information content (AvgIpc) is 3.41. The first-order chi connectivity index (χ1) is 17.0. The van der Waals surface area contributed by atoms with Gasteiger partial charge in [-0.1, -0.05) is 60.7 Å². The quantitative estimate of drug-likeness (QED) is 0.252. The number of nitrogens with zero attached hydrogens (tertiary/aromatic N) is 2. The summed E-state index contributed by atoms with van der Waals surface area (Å²) in [5, 5.41) is 0.654. The Morgan fingerprint density at radius 2 is 1.49 bits per heavy atom. The Morgan fingerprint density at radius 3 is 2.26 bits per heavy atom. The normalized spacial score (nSPS) is 11.5. The van der Waals surface area contributed by atoms with Crippen LogP contribution in [0, 0.1) is 0 Å². The molecule has 3 aromatic heterocycles. The van der Waals surface area contributed by atoms with Gasteiger partial charge in [0, 0.05) is 11.9 Å². The van der Waals surface area contributed by atoms with Crippen LogP contribution in [-0.4, -0.2) is 20.5 Å². The summed E-state index contributed by atoms with van der Waals surface area (Å²) in [6.45, 7) is 2.01. The first-order valence-electron chi connectivity index (χ1n) is 11.3. The van der Waals surface area contributed by atoms with Crippen LogP contribution in [0.25, 0.3) is 27.6 Å². The molecule has 0 aliphatic rings. The van der Waals surface area contributed by atoms with Crippen LogP contribution in [0.5, 0.6) is 0 Å². The van der Waals surface area contributed by atoms with Crippen LogP contribution in [0.1, 0.15) is 38.9 Å². The first kappa shape index (κ1) is 20.9. The van der Waals surface area contributed by atoms with E-state index in [1.807, 2.05) is 65.2 Å². The molecule has 0 fully saturated rings. The van der Waals surface area contributed by atoms with E-state index >= 15 is 0 Å². The van der Waals surface area contributed by atoms with Gasteiger partial charge < -0.3 is 8.98 Å². The van der Waals surface area contributed by atoms with Gasteiger partial charge in [-0.2, -0.15) is 0 Å². The molecule has 6 heteroatoms. The summed E-state index contributed by atoms with van der Waals surface area (Å²) in [6.07, 6.45) is 0. The number of Topliss-reactive ketones (excluding diaryl/α,β-unsaturated/α-hetero) is 1. The van der Waals surface area contributed by atoms with Crippen LogP contribution in [-0.2, 0) is 6.54 Å². The molecular weight excluding hydrogens is 440 g/mol. The van der Waals surface area contributed by atoms with Crippen molar-refractivity contribution < 1.29 is 14.0 Å². The molecule has 0 spiro atoms. The monoisotopic (exact) mass is 460 g/mol. The van der Waals surface area contributed by atoms with Crippen LogP contribution in [0.4, 0.5) is 0 Å². The van der Waals surface area contributed by atoms with E-state index in [4.69, 9.17) is 4.42 Å². The Morgan fingerprint density at radius 1 is 0.800 bits per heavy atom. The van der Waals surface area contributed by atoms with Crippen LogP contribution >= 0.6 is 0 Å². The van der Waals surface area contributed by atoms with Crippen molar-refractivity contribution in [3.63, 3.8) is 0 Å². The maximum Gasteiger partial charge on any atom is 0.347 e. The number of aromatic nitrogens is 2. The standard InChI is InChI=1S/C29H20N2O4/c1-18(32)21-16-25(27(33)22-15-20-11-5-8-14-26(20)35-29(22)34)31-24-13-7-6-12-23(24)30(28(21)31)17-19-9-3-2-4-10-19/h2-16H,17H2,1H3. The fourth-order valence-corrected chi connectivity index (χ4v) is 4.72. The molecule has 0 aliphatic carbocycles. The molecule has 0 saturated heterocycles. The van der Waals surface area contributed by atoms with Gasteiger partial charge in [0.25, 0.3) is 0 Å². The van der Waals surface area contributed by atoms with E-state index in [0.29, 0.717) is 28.7 Å². The van der Waals surface area contributed by atoms with Gasteiger partial charge >= 0.3 is 5.63 Å². The topological polar surface area (TPSA) is 73.7 Å². The van der Waals surface area contributed by atoms with Gasteiger partial charge in [0.1, 0.15) is 16.8 Å². The van der Waals surface area contributed by atoms with E-state index in [9.17, 15) is 14.4 Å². The zero-order valence-electron chi connectivity index (χ0n) is 18.9. The van der Waals surface area contributed by atoms with Gasteiger partial charge in [-0.3, -0.25) is 14.0 Å². The van der Waals surface area contributed by atoms with Crippen LogP contribution < -0.4 is 5.63 Å². The Balaban J connectivity index is 1.64. The van der Waals surface area contributed by atoms with Crippen molar-refractivity contribution in [3.05, 3.63) is 124 Å². The number of hydrogen-bond acceptors (Lipinski definition) is 4. The Kier molecular flexibility index (Phi) is 4.74. The van der Waals surface area contributed by atoms with Gasteiger partial charge in [-0.05, 0) is 42.8 Å².